The number of nitrogen functional groups attached to an aromatic ring is 1. The molecule has 0 radical (unpaired) electrons. The number of anilines is 2. The van der Waals surface area contributed by atoms with Gasteiger partial charge in [0.2, 0.25) is 5.95 Å². The van der Waals surface area contributed by atoms with E-state index in [1.54, 1.807) is 18.0 Å². The van der Waals surface area contributed by atoms with E-state index in [2.05, 4.69) is 20.3 Å². The van der Waals surface area contributed by atoms with Crippen LogP contribution in [0.1, 0.15) is 18.0 Å². The van der Waals surface area contributed by atoms with Gasteiger partial charge in [0.25, 0.3) is 0 Å². The Hall–Kier alpha value is -1.80. The lowest BCUT2D eigenvalue weighted by molar-refractivity contribution is 0.193. The minimum absolute atomic E-state index is 0.309. The zero-order valence-corrected chi connectivity index (χ0v) is 13.3. The fraction of sp³-hybridized carbons (Fsp3) is 0.500. The summed E-state index contributed by atoms with van der Waals surface area (Å²) in [5, 5.41) is 4.31. The minimum Gasteiger partial charge on any atom is -0.381 e. The van der Waals surface area contributed by atoms with Crippen molar-refractivity contribution < 1.29 is 4.74 Å². The second-order valence-corrected chi connectivity index (χ2v) is 6.25. The van der Waals surface area contributed by atoms with Crippen LogP contribution in [-0.4, -0.2) is 45.0 Å². The molecule has 1 aliphatic rings. The molecular weight excluding hydrogens is 300 g/mol. The third-order valence-corrected chi connectivity index (χ3v) is 4.59. The maximum Gasteiger partial charge on any atom is 0.222 e. The Labute approximate surface area is 133 Å². The van der Waals surface area contributed by atoms with Crippen LogP contribution >= 0.6 is 11.8 Å². The molecule has 0 saturated carbocycles. The fourth-order valence-corrected chi connectivity index (χ4v) is 3.15. The molecule has 1 fully saturated rings. The quantitative estimate of drug-likeness (QED) is 0.615. The van der Waals surface area contributed by atoms with E-state index in [-0.39, 0.29) is 0 Å². The molecule has 0 bridgehead atoms. The van der Waals surface area contributed by atoms with Gasteiger partial charge in [0.1, 0.15) is 5.82 Å². The molecule has 8 heteroatoms. The molecule has 0 aromatic carbocycles. The largest absolute Gasteiger partial charge is 0.381 e. The van der Waals surface area contributed by atoms with E-state index in [9.17, 15) is 0 Å². The number of rotatable bonds is 6. The molecular formula is C14H20N6OS. The summed E-state index contributed by atoms with van der Waals surface area (Å²) in [6, 6.07) is 1.97. The highest BCUT2D eigenvalue weighted by molar-refractivity contribution is 7.99. The maximum absolute atomic E-state index is 5.81. The number of hydrogen-bond acceptors (Lipinski definition) is 7. The topological polar surface area (TPSA) is 90.9 Å². The van der Waals surface area contributed by atoms with Gasteiger partial charge in [-0.2, -0.15) is 4.98 Å². The first-order valence-electron chi connectivity index (χ1n) is 7.28. The lowest BCUT2D eigenvalue weighted by Crippen LogP contribution is -2.11. The number of ether oxygens (including phenoxy) is 1. The molecule has 2 aromatic rings. The average Bonchev–Trinajstić information content (AvgIpc) is 3.15. The van der Waals surface area contributed by atoms with E-state index >= 15 is 0 Å². The normalized spacial score (nSPS) is 17.8. The van der Waals surface area contributed by atoms with Crippen molar-refractivity contribution in [3.63, 3.8) is 0 Å². The number of aryl methyl sites for hydroxylation is 1. The molecule has 1 atom stereocenters. The van der Waals surface area contributed by atoms with Crippen molar-refractivity contribution >= 4 is 23.5 Å². The zero-order valence-electron chi connectivity index (χ0n) is 12.5. The van der Waals surface area contributed by atoms with Gasteiger partial charge in [-0.1, -0.05) is 11.8 Å². The van der Waals surface area contributed by atoms with Crippen molar-refractivity contribution in [1.29, 1.82) is 0 Å². The zero-order chi connectivity index (χ0) is 15.4. The number of hydrogen-bond donors (Lipinski definition) is 2. The number of nitrogens with one attached hydrogen (secondary N) is 1. The van der Waals surface area contributed by atoms with E-state index in [0.717, 1.165) is 42.0 Å². The smallest absolute Gasteiger partial charge is 0.222 e. The van der Waals surface area contributed by atoms with Crippen molar-refractivity contribution in [1.82, 2.24) is 19.5 Å². The summed E-state index contributed by atoms with van der Waals surface area (Å²) < 4.78 is 7.41. The standard InChI is InChI=1S/C14H20N6OS/c1-20-5-3-17-14(20)22-7-4-16-12-8-11(18-13(15)19-12)10-2-6-21-9-10/h3,5,8,10H,2,4,6-7,9H2,1H3,(H3,15,16,18,19)/t10-/m1/s1. The summed E-state index contributed by atoms with van der Waals surface area (Å²) in [4.78, 5) is 12.8. The predicted molar refractivity (Wildman–Crippen MR) is 87.0 cm³/mol. The molecule has 3 N–H and O–H groups in total. The minimum atomic E-state index is 0.309. The molecule has 0 amide bonds. The summed E-state index contributed by atoms with van der Waals surface area (Å²) in [5.41, 5.74) is 6.77. The Kier molecular flexibility index (Phi) is 4.79. The van der Waals surface area contributed by atoms with Crippen molar-refractivity contribution in [2.24, 2.45) is 7.05 Å². The Morgan fingerprint density at radius 2 is 2.41 bits per heavy atom. The molecule has 7 nitrogen and oxygen atoms in total. The molecule has 2 aromatic heterocycles. The number of nitrogens with two attached hydrogens (primary N) is 1. The molecule has 1 aliphatic heterocycles. The van der Waals surface area contributed by atoms with Crippen LogP contribution in [0.2, 0.25) is 0 Å². The van der Waals surface area contributed by atoms with Crippen molar-refractivity contribution in [3.8, 4) is 0 Å². The molecule has 118 valence electrons. The van der Waals surface area contributed by atoms with E-state index in [1.165, 1.54) is 0 Å². The third-order valence-electron chi connectivity index (χ3n) is 3.53. The van der Waals surface area contributed by atoms with Gasteiger partial charge in [-0.05, 0) is 6.42 Å². The van der Waals surface area contributed by atoms with Crippen molar-refractivity contribution in [2.45, 2.75) is 17.5 Å². The summed E-state index contributed by atoms with van der Waals surface area (Å²) in [5.74, 6) is 2.31. The lowest BCUT2D eigenvalue weighted by atomic mass is 10.0. The molecule has 3 rings (SSSR count). The van der Waals surface area contributed by atoms with Crippen LogP contribution in [0.15, 0.2) is 23.6 Å². The van der Waals surface area contributed by atoms with Crippen molar-refractivity contribution in [2.75, 3.05) is 36.6 Å². The molecule has 0 spiro atoms. The van der Waals surface area contributed by atoms with Gasteiger partial charge in [-0.3, -0.25) is 0 Å². The van der Waals surface area contributed by atoms with E-state index < -0.39 is 0 Å². The van der Waals surface area contributed by atoms with Crippen LogP contribution in [0.25, 0.3) is 0 Å². The third kappa shape index (κ3) is 3.69. The van der Waals surface area contributed by atoms with Crippen LogP contribution in [0.3, 0.4) is 0 Å². The first-order chi connectivity index (χ1) is 10.7. The summed E-state index contributed by atoms with van der Waals surface area (Å²) in [6.07, 6.45) is 4.73. The maximum atomic E-state index is 5.81. The second-order valence-electron chi connectivity index (χ2n) is 5.19. The van der Waals surface area contributed by atoms with Gasteiger partial charge >= 0.3 is 0 Å². The second kappa shape index (κ2) is 6.97. The van der Waals surface area contributed by atoms with E-state index in [4.69, 9.17) is 10.5 Å². The first kappa shape index (κ1) is 15.1. The van der Waals surface area contributed by atoms with Gasteiger partial charge in [0, 0.05) is 50.3 Å². The molecule has 0 unspecified atom stereocenters. The highest BCUT2D eigenvalue weighted by atomic mass is 32.2. The van der Waals surface area contributed by atoms with Gasteiger partial charge < -0.3 is 20.4 Å². The highest BCUT2D eigenvalue weighted by Crippen LogP contribution is 2.25. The SMILES string of the molecule is Cn1ccnc1SCCNc1cc([C@@H]2CCOC2)nc(N)n1. The van der Waals surface area contributed by atoms with Gasteiger partial charge in [0.05, 0.1) is 12.3 Å². The Balaban J connectivity index is 1.54. The monoisotopic (exact) mass is 320 g/mol. The number of aromatic nitrogens is 4. The summed E-state index contributed by atoms with van der Waals surface area (Å²) >= 11 is 1.70. The first-order valence-corrected chi connectivity index (χ1v) is 8.27. The Morgan fingerprint density at radius 1 is 1.50 bits per heavy atom. The average molecular weight is 320 g/mol. The van der Waals surface area contributed by atoms with Crippen molar-refractivity contribution in [3.05, 3.63) is 24.2 Å². The Morgan fingerprint density at radius 3 is 3.14 bits per heavy atom. The van der Waals surface area contributed by atoms with E-state index in [1.807, 2.05) is 23.9 Å². The van der Waals surface area contributed by atoms with Gasteiger partial charge in [0.15, 0.2) is 5.16 Å². The number of nitrogens with zero attached hydrogens (tertiary/aromatic N) is 4. The number of imidazole rings is 1. The summed E-state index contributed by atoms with van der Waals surface area (Å²) in [7, 11) is 1.99. The Bertz CT molecular complexity index is 626. The van der Waals surface area contributed by atoms with Crippen LogP contribution in [0.5, 0.6) is 0 Å². The molecule has 1 saturated heterocycles. The highest BCUT2D eigenvalue weighted by Gasteiger charge is 2.20. The fourth-order valence-electron chi connectivity index (χ4n) is 2.37. The van der Waals surface area contributed by atoms with Gasteiger partial charge in [-0.15, -0.1) is 0 Å². The number of thioether (sulfide) groups is 1. The van der Waals surface area contributed by atoms with Crippen LogP contribution in [0, 0.1) is 0 Å². The molecule has 22 heavy (non-hydrogen) atoms. The van der Waals surface area contributed by atoms with Crippen LogP contribution in [-0.2, 0) is 11.8 Å². The van der Waals surface area contributed by atoms with Crippen LogP contribution in [0.4, 0.5) is 11.8 Å². The predicted octanol–water partition coefficient (Wildman–Crippen LogP) is 1.50. The lowest BCUT2D eigenvalue weighted by Gasteiger charge is -2.11. The summed E-state index contributed by atoms with van der Waals surface area (Å²) in [6.45, 7) is 2.29. The van der Waals surface area contributed by atoms with E-state index in [0.29, 0.717) is 18.5 Å². The molecule has 0 aliphatic carbocycles. The van der Waals surface area contributed by atoms with Crippen LogP contribution < -0.4 is 11.1 Å². The molecule has 3 heterocycles. The van der Waals surface area contributed by atoms with Gasteiger partial charge in [-0.25, -0.2) is 9.97 Å².